The van der Waals surface area contributed by atoms with Gasteiger partial charge in [-0.3, -0.25) is 0 Å². The van der Waals surface area contributed by atoms with Crippen LogP contribution < -0.4 is 0 Å². The maximum absolute atomic E-state index is 13.4. The van der Waals surface area contributed by atoms with Crippen molar-refractivity contribution in [1.82, 2.24) is 4.90 Å². The van der Waals surface area contributed by atoms with Gasteiger partial charge in [0.05, 0.1) is 0 Å². The quantitative estimate of drug-likeness (QED) is 0.795. The Balaban J connectivity index is 2.93. The molecule has 0 saturated carbocycles. The summed E-state index contributed by atoms with van der Waals surface area (Å²) < 4.78 is 13.4. The molecule has 0 radical (unpaired) electrons. The fourth-order valence-electron chi connectivity index (χ4n) is 1.56. The number of aliphatic hydroxyl groups excluding tert-OH is 1. The average molecular weight is 197 g/mol. The molecule has 0 amide bonds. The molecule has 0 aliphatic heterocycles. The average Bonchev–Trinajstić information content (AvgIpc) is 2.15. The molecule has 0 spiro atoms. The molecule has 2 nitrogen and oxygen atoms in total. The minimum atomic E-state index is -0.209. The second-order valence-corrected chi connectivity index (χ2v) is 3.51. The SMILES string of the molecule is CN(C)C(CCO)c1ccccc1F. The lowest BCUT2D eigenvalue weighted by Gasteiger charge is -2.24. The molecule has 1 rings (SSSR count). The van der Waals surface area contributed by atoms with E-state index in [-0.39, 0.29) is 18.5 Å². The zero-order chi connectivity index (χ0) is 10.6. The molecule has 1 unspecified atom stereocenters. The van der Waals surface area contributed by atoms with Crippen LogP contribution in [0.4, 0.5) is 4.39 Å². The largest absolute Gasteiger partial charge is 0.396 e. The predicted octanol–water partition coefficient (Wildman–Crippen LogP) is 1.81. The van der Waals surface area contributed by atoms with E-state index in [2.05, 4.69) is 0 Å². The highest BCUT2D eigenvalue weighted by Crippen LogP contribution is 2.23. The van der Waals surface area contributed by atoms with E-state index >= 15 is 0 Å². The minimum Gasteiger partial charge on any atom is -0.396 e. The first-order chi connectivity index (χ1) is 6.66. The van der Waals surface area contributed by atoms with E-state index in [4.69, 9.17) is 5.11 Å². The molecule has 1 N–H and O–H groups in total. The van der Waals surface area contributed by atoms with Gasteiger partial charge in [0.25, 0.3) is 0 Å². The zero-order valence-corrected chi connectivity index (χ0v) is 8.57. The van der Waals surface area contributed by atoms with Crippen LogP contribution in [0.15, 0.2) is 24.3 Å². The third kappa shape index (κ3) is 2.53. The highest BCUT2D eigenvalue weighted by Gasteiger charge is 2.16. The molecule has 3 heteroatoms. The summed E-state index contributed by atoms with van der Waals surface area (Å²) in [4.78, 5) is 1.91. The smallest absolute Gasteiger partial charge is 0.127 e. The fourth-order valence-corrected chi connectivity index (χ4v) is 1.56. The van der Waals surface area contributed by atoms with Crippen LogP contribution in [0.1, 0.15) is 18.0 Å². The Kier molecular flexibility index (Phi) is 4.04. The Labute approximate surface area is 84.0 Å². The first kappa shape index (κ1) is 11.1. The lowest BCUT2D eigenvalue weighted by atomic mass is 10.0. The van der Waals surface area contributed by atoms with Crippen molar-refractivity contribution in [2.24, 2.45) is 0 Å². The van der Waals surface area contributed by atoms with Crippen molar-refractivity contribution in [3.8, 4) is 0 Å². The van der Waals surface area contributed by atoms with Crippen molar-refractivity contribution in [3.05, 3.63) is 35.6 Å². The lowest BCUT2D eigenvalue weighted by Crippen LogP contribution is -2.22. The fraction of sp³-hybridized carbons (Fsp3) is 0.455. The summed E-state index contributed by atoms with van der Waals surface area (Å²) in [5, 5.41) is 8.89. The Morgan fingerprint density at radius 2 is 2.00 bits per heavy atom. The number of benzene rings is 1. The molecule has 0 aliphatic rings. The normalized spacial score (nSPS) is 13.2. The van der Waals surface area contributed by atoms with Crippen molar-refractivity contribution in [3.63, 3.8) is 0 Å². The van der Waals surface area contributed by atoms with E-state index in [1.54, 1.807) is 12.1 Å². The third-order valence-corrected chi connectivity index (χ3v) is 2.29. The second kappa shape index (κ2) is 5.08. The van der Waals surface area contributed by atoms with E-state index < -0.39 is 0 Å². The minimum absolute atomic E-state index is 0.0544. The van der Waals surface area contributed by atoms with Gasteiger partial charge in [0.1, 0.15) is 5.82 Å². The van der Waals surface area contributed by atoms with E-state index in [1.807, 2.05) is 25.1 Å². The van der Waals surface area contributed by atoms with Gasteiger partial charge in [-0.1, -0.05) is 18.2 Å². The molecule has 0 bridgehead atoms. The Morgan fingerprint density at radius 3 is 2.50 bits per heavy atom. The monoisotopic (exact) mass is 197 g/mol. The first-order valence-electron chi connectivity index (χ1n) is 4.68. The van der Waals surface area contributed by atoms with E-state index in [0.29, 0.717) is 12.0 Å². The molecule has 0 aromatic heterocycles. The van der Waals surface area contributed by atoms with Crippen molar-refractivity contribution >= 4 is 0 Å². The molecule has 78 valence electrons. The zero-order valence-electron chi connectivity index (χ0n) is 8.57. The number of aliphatic hydroxyl groups is 1. The summed E-state index contributed by atoms with van der Waals surface area (Å²) in [6.07, 6.45) is 0.550. The van der Waals surface area contributed by atoms with E-state index in [0.717, 1.165) is 0 Å². The summed E-state index contributed by atoms with van der Waals surface area (Å²) in [5.41, 5.74) is 0.645. The van der Waals surface area contributed by atoms with Crippen molar-refractivity contribution in [1.29, 1.82) is 0 Å². The number of nitrogens with zero attached hydrogens (tertiary/aromatic N) is 1. The summed E-state index contributed by atoms with van der Waals surface area (Å²) in [6, 6.07) is 6.64. The van der Waals surface area contributed by atoms with Gasteiger partial charge in [-0.15, -0.1) is 0 Å². The van der Waals surface area contributed by atoms with Gasteiger partial charge < -0.3 is 10.0 Å². The van der Waals surface area contributed by atoms with Crippen LogP contribution in [-0.2, 0) is 0 Å². The Morgan fingerprint density at radius 1 is 1.36 bits per heavy atom. The molecule has 1 atom stereocenters. The molecule has 1 aromatic rings. The highest BCUT2D eigenvalue weighted by atomic mass is 19.1. The lowest BCUT2D eigenvalue weighted by molar-refractivity contribution is 0.207. The topological polar surface area (TPSA) is 23.5 Å². The maximum atomic E-state index is 13.4. The van der Waals surface area contributed by atoms with E-state index in [1.165, 1.54) is 6.07 Å². The first-order valence-corrected chi connectivity index (χ1v) is 4.68. The highest BCUT2D eigenvalue weighted by molar-refractivity contribution is 5.21. The van der Waals surface area contributed by atoms with Crippen LogP contribution in [-0.4, -0.2) is 30.7 Å². The van der Waals surface area contributed by atoms with Gasteiger partial charge in [0, 0.05) is 18.2 Å². The number of hydrogen-bond donors (Lipinski definition) is 1. The molecule has 1 aromatic carbocycles. The van der Waals surface area contributed by atoms with Crippen molar-refractivity contribution < 1.29 is 9.50 Å². The standard InChI is InChI=1S/C11H16FNO/c1-13(2)11(7-8-14)9-5-3-4-6-10(9)12/h3-6,11,14H,7-8H2,1-2H3. The summed E-state index contributed by atoms with van der Waals surface area (Å²) in [5.74, 6) is -0.209. The van der Waals surface area contributed by atoms with Gasteiger partial charge in [0.2, 0.25) is 0 Å². The molecule has 0 heterocycles. The molecule has 0 fully saturated rings. The van der Waals surface area contributed by atoms with Gasteiger partial charge in [-0.2, -0.15) is 0 Å². The Bertz CT molecular complexity index is 288. The predicted molar refractivity (Wildman–Crippen MR) is 54.5 cm³/mol. The Hall–Kier alpha value is -0.930. The van der Waals surface area contributed by atoms with Crippen molar-refractivity contribution in [2.75, 3.05) is 20.7 Å². The van der Waals surface area contributed by atoms with E-state index in [9.17, 15) is 4.39 Å². The second-order valence-electron chi connectivity index (χ2n) is 3.51. The number of hydrogen-bond acceptors (Lipinski definition) is 2. The van der Waals surface area contributed by atoms with Gasteiger partial charge in [-0.25, -0.2) is 4.39 Å². The van der Waals surface area contributed by atoms with Crippen LogP contribution in [0.25, 0.3) is 0 Å². The number of halogens is 1. The molecule has 0 aliphatic carbocycles. The van der Waals surface area contributed by atoms with Crippen LogP contribution in [0.5, 0.6) is 0 Å². The number of rotatable bonds is 4. The molecule has 14 heavy (non-hydrogen) atoms. The third-order valence-electron chi connectivity index (χ3n) is 2.29. The van der Waals surface area contributed by atoms with Crippen LogP contribution in [0.2, 0.25) is 0 Å². The van der Waals surface area contributed by atoms with Crippen LogP contribution in [0.3, 0.4) is 0 Å². The molecular weight excluding hydrogens is 181 g/mol. The summed E-state index contributed by atoms with van der Waals surface area (Å²) in [7, 11) is 3.76. The van der Waals surface area contributed by atoms with Gasteiger partial charge in [0.15, 0.2) is 0 Å². The molecule has 0 saturated heterocycles. The van der Waals surface area contributed by atoms with Crippen molar-refractivity contribution in [2.45, 2.75) is 12.5 Å². The van der Waals surface area contributed by atoms with Gasteiger partial charge in [-0.05, 0) is 26.6 Å². The summed E-state index contributed by atoms with van der Waals surface area (Å²) >= 11 is 0. The summed E-state index contributed by atoms with van der Waals surface area (Å²) in [6.45, 7) is 0.0666. The molecular formula is C11H16FNO. The van der Waals surface area contributed by atoms with Crippen LogP contribution >= 0.6 is 0 Å². The maximum Gasteiger partial charge on any atom is 0.127 e. The van der Waals surface area contributed by atoms with Crippen LogP contribution in [0, 0.1) is 5.82 Å². The van der Waals surface area contributed by atoms with Gasteiger partial charge >= 0.3 is 0 Å².